The third-order valence-electron chi connectivity index (χ3n) is 1.76. The molecule has 0 saturated carbocycles. The van der Waals surface area contributed by atoms with Crippen molar-refractivity contribution in [2.24, 2.45) is 5.28 Å². The van der Waals surface area contributed by atoms with Crippen molar-refractivity contribution >= 4 is 11.9 Å². The molecule has 0 aliphatic carbocycles. The Morgan fingerprint density at radius 1 is 1.56 bits per heavy atom. The van der Waals surface area contributed by atoms with Gasteiger partial charge in [0.15, 0.2) is 0 Å². The van der Waals surface area contributed by atoms with Crippen LogP contribution >= 0.6 is 0 Å². The fourth-order valence-corrected chi connectivity index (χ4v) is 0.969. The lowest BCUT2D eigenvalue weighted by atomic mass is 10.3. The smallest absolute Gasteiger partial charge is 0.305 e. The van der Waals surface area contributed by atoms with E-state index in [2.05, 4.69) is 14.9 Å². The van der Waals surface area contributed by atoms with Gasteiger partial charge in [0.05, 0.1) is 18.6 Å². The Balaban J connectivity index is 3.99. The molecule has 0 saturated heterocycles. The van der Waals surface area contributed by atoms with E-state index in [1.165, 1.54) is 20.9 Å². The van der Waals surface area contributed by atoms with Gasteiger partial charge in [-0.05, 0) is 6.42 Å². The quantitative estimate of drug-likeness (QED) is 0.223. The normalized spacial score (nSPS) is 12.7. The van der Waals surface area contributed by atoms with Gasteiger partial charge in [0, 0.05) is 20.3 Å². The van der Waals surface area contributed by atoms with Crippen LogP contribution in [0.3, 0.4) is 0 Å². The van der Waals surface area contributed by atoms with E-state index in [1.54, 1.807) is 0 Å². The summed E-state index contributed by atoms with van der Waals surface area (Å²) in [6.07, 6.45) is -0.700. The van der Waals surface area contributed by atoms with Gasteiger partial charge in [-0.3, -0.25) is 14.4 Å². The van der Waals surface area contributed by atoms with Crippen LogP contribution in [-0.2, 0) is 19.2 Å². The number of carboxylic acid groups (broad SMARTS) is 1. The Morgan fingerprint density at radius 3 is 2.67 bits per heavy atom. The maximum absolute atomic E-state index is 11.3. The SMILES string of the molecule is CC(=O)OC(C)O/N=[N+](\[O-])N(C)CCCC(=O)O. The van der Waals surface area contributed by atoms with Gasteiger partial charge in [-0.25, -0.2) is 0 Å². The van der Waals surface area contributed by atoms with Crippen molar-refractivity contribution in [1.82, 2.24) is 5.01 Å². The molecule has 9 nitrogen and oxygen atoms in total. The summed E-state index contributed by atoms with van der Waals surface area (Å²) in [5, 5.41) is 24.0. The molecule has 0 amide bonds. The molecule has 0 fully saturated rings. The fourth-order valence-electron chi connectivity index (χ4n) is 0.969. The van der Waals surface area contributed by atoms with Gasteiger partial charge in [0.25, 0.3) is 6.29 Å². The Kier molecular flexibility index (Phi) is 7.17. The summed E-state index contributed by atoms with van der Waals surface area (Å²) in [6.45, 7) is 2.82. The predicted octanol–water partition coefficient (Wildman–Crippen LogP) is 0.501. The standard InChI is InChI=1S/C9H17N3O6/c1-7(13)17-8(2)18-10-12(16)11(3)6-4-5-9(14)15/h8H,4-6H2,1-3H3,(H,14,15)/b12-10-. The molecule has 1 N–H and O–H groups in total. The minimum absolute atomic E-state index is 0.0388. The lowest BCUT2D eigenvalue weighted by Crippen LogP contribution is -2.28. The van der Waals surface area contributed by atoms with Gasteiger partial charge in [-0.15, -0.1) is 5.01 Å². The van der Waals surface area contributed by atoms with Crippen molar-refractivity contribution in [1.29, 1.82) is 0 Å². The lowest BCUT2D eigenvalue weighted by Gasteiger charge is -2.13. The number of carbonyl (C=O) groups is 2. The van der Waals surface area contributed by atoms with E-state index >= 15 is 0 Å². The zero-order valence-corrected chi connectivity index (χ0v) is 10.5. The number of carboxylic acids is 1. The lowest BCUT2D eigenvalue weighted by molar-refractivity contribution is -0.707. The minimum atomic E-state index is -0.966. The summed E-state index contributed by atoms with van der Waals surface area (Å²) in [5.41, 5.74) is 0. The number of aliphatic carboxylic acids is 1. The number of ether oxygens (including phenoxy) is 1. The highest BCUT2D eigenvalue weighted by molar-refractivity contribution is 5.66. The maximum atomic E-state index is 11.3. The molecule has 0 spiro atoms. The third-order valence-corrected chi connectivity index (χ3v) is 1.76. The van der Waals surface area contributed by atoms with E-state index in [1.807, 2.05) is 0 Å². The van der Waals surface area contributed by atoms with E-state index < -0.39 is 18.2 Å². The molecular formula is C9H17N3O6. The van der Waals surface area contributed by atoms with Crippen molar-refractivity contribution in [2.75, 3.05) is 13.6 Å². The molecule has 104 valence electrons. The molecule has 0 heterocycles. The first-order valence-corrected chi connectivity index (χ1v) is 5.27. The van der Waals surface area contributed by atoms with Gasteiger partial charge in [-0.1, -0.05) is 0 Å². The van der Waals surface area contributed by atoms with Crippen LogP contribution in [0, 0.1) is 5.21 Å². The van der Waals surface area contributed by atoms with Crippen LogP contribution in [0.4, 0.5) is 0 Å². The van der Waals surface area contributed by atoms with E-state index in [0.717, 1.165) is 5.01 Å². The Hall–Kier alpha value is -2.06. The van der Waals surface area contributed by atoms with Gasteiger partial charge in [-0.2, -0.15) is 0 Å². The molecule has 0 aliphatic rings. The third kappa shape index (κ3) is 8.13. The summed E-state index contributed by atoms with van der Waals surface area (Å²) in [7, 11) is 1.43. The number of rotatable bonds is 8. The summed E-state index contributed by atoms with van der Waals surface area (Å²) in [4.78, 5) is 25.6. The maximum Gasteiger partial charge on any atom is 0.305 e. The van der Waals surface area contributed by atoms with Gasteiger partial charge >= 0.3 is 11.9 Å². The van der Waals surface area contributed by atoms with E-state index in [-0.39, 0.29) is 17.9 Å². The van der Waals surface area contributed by atoms with Gasteiger partial charge in [0.2, 0.25) is 5.28 Å². The number of hydrogen-bond donors (Lipinski definition) is 1. The topological polar surface area (TPSA) is 114 Å². The average molecular weight is 263 g/mol. The van der Waals surface area contributed by atoms with Crippen molar-refractivity contribution in [3.05, 3.63) is 5.21 Å². The monoisotopic (exact) mass is 263 g/mol. The van der Waals surface area contributed by atoms with Crippen LogP contribution < -0.4 is 0 Å². The average Bonchev–Trinajstić information content (AvgIpc) is 2.24. The molecule has 0 aromatic rings. The zero-order valence-electron chi connectivity index (χ0n) is 10.5. The molecule has 0 bridgehead atoms. The number of carbonyl (C=O) groups excluding carboxylic acids is 1. The van der Waals surface area contributed by atoms with Crippen LogP contribution in [0.2, 0.25) is 0 Å². The van der Waals surface area contributed by atoms with Crippen molar-refractivity contribution in [3.63, 3.8) is 0 Å². The van der Waals surface area contributed by atoms with Gasteiger partial charge in [0.1, 0.15) is 0 Å². The summed E-state index contributed by atoms with van der Waals surface area (Å²) < 4.78 is 4.58. The highest BCUT2D eigenvalue weighted by Crippen LogP contribution is 1.98. The molecule has 0 aromatic heterocycles. The molecule has 9 heteroatoms. The molecular weight excluding hydrogens is 246 g/mol. The highest BCUT2D eigenvalue weighted by atomic mass is 16.8. The van der Waals surface area contributed by atoms with Crippen molar-refractivity contribution < 1.29 is 29.2 Å². The Morgan fingerprint density at radius 2 is 2.17 bits per heavy atom. The first-order chi connectivity index (χ1) is 8.32. The molecule has 18 heavy (non-hydrogen) atoms. The number of hydrazine groups is 1. The second kappa shape index (κ2) is 8.09. The van der Waals surface area contributed by atoms with Crippen molar-refractivity contribution in [2.45, 2.75) is 33.0 Å². The van der Waals surface area contributed by atoms with Crippen LogP contribution in [-0.4, -0.2) is 46.9 Å². The zero-order chi connectivity index (χ0) is 14.1. The summed E-state index contributed by atoms with van der Waals surface area (Å²) >= 11 is 0. The van der Waals surface area contributed by atoms with E-state index in [9.17, 15) is 14.8 Å². The van der Waals surface area contributed by atoms with Gasteiger partial charge < -0.3 is 15.1 Å². The minimum Gasteiger partial charge on any atom is -0.569 e. The second-order valence-electron chi connectivity index (χ2n) is 3.50. The number of esters is 1. The molecule has 0 aliphatic heterocycles. The number of hydrogen-bond acceptors (Lipinski definition) is 6. The Bertz CT molecular complexity index is 319. The molecule has 0 radical (unpaired) electrons. The van der Waals surface area contributed by atoms with E-state index in [4.69, 9.17) is 5.11 Å². The van der Waals surface area contributed by atoms with Crippen LogP contribution in [0.1, 0.15) is 26.7 Å². The highest BCUT2D eigenvalue weighted by Gasteiger charge is 2.11. The molecule has 0 rings (SSSR count). The van der Waals surface area contributed by atoms with Crippen LogP contribution in [0.15, 0.2) is 5.28 Å². The summed E-state index contributed by atoms with van der Waals surface area (Å²) in [5.74, 6) is -1.48. The summed E-state index contributed by atoms with van der Waals surface area (Å²) in [6, 6.07) is 0. The predicted molar refractivity (Wildman–Crippen MR) is 57.9 cm³/mol. The molecule has 0 aromatic carbocycles. The van der Waals surface area contributed by atoms with Crippen LogP contribution in [0.25, 0.3) is 0 Å². The molecule has 1 atom stereocenters. The number of nitrogens with zero attached hydrogens (tertiary/aromatic N) is 3. The largest absolute Gasteiger partial charge is 0.569 e. The van der Waals surface area contributed by atoms with E-state index in [0.29, 0.717) is 6.42 Å². The van der Waals surface area contributed by atoms with Crippen LogP contribution in [0.5, 0.6) is 0 Å². The first-order valence-electron chi connectivity index (χ1n) is 5.27. The van der Waals surface area contributed by atoms with Crippen molar-refractivity contribution in [3.8, 4) is 0 Å². The second-order valence-corrected chi connectivity index (χ2v) is 3.50. The molecule has 1 unspecified atom stereocenters. The Labute approximate surface area is 104 Å². The first kappa shape index (κ1) is 15.9. The fraction of sp³-hybridized carbons (Fsp3) is 0.778.